The predicted octanol–water partition coefficient (Wildman–Crippen LogP) is 1.58. The summed E-state index contributed by atoms with van der Waals surface area (Å²) >= 11 is 0. The molecule has 0 spiro atoms. The van der Waals surface area contributed by atoms with Crippen molar-refractivity contribution in [3.63, 3.8) is 0 Å². The maximum atomic E-state index is 11.1. The molecule has 0 aromatic heterocycles. The summed E-state index contributed by atoms with van der Waals surface area (Å²) < 4.78 is 15.3. The SMILES string of the molecule is CCOC(CC(C)C(=O)OC)OCC. The summed E-state index contributed by atoms with van der Waals surface area (Å²) in [6.07, 6.45) is 0.230. The van der Waals surface area contributed by atoms with Gasteiger partial charge in [-0.1, -0.05) is 6.92 Å². The lowest BCUT2D eigenvalue weighted by molar-refractivity contribution is -0.161. The van der Waals surface area contributed by atoms with Gasteiger partial charge in [0.15, 0.2) is 6.29 Å². The Morgan fingerprint density at radius 1 is 1.21 bits per heavy atom. The smallest absolute Gasteiger partial charge is 0.308 e. The molecule has 0 heterocycles. The molecule has 0 rings (SSSR count). The number of rotatable bonds is 7. The van der Waals surface area contributed by atoms with Crippen LogP contribution in [0.2, 0.25) is 0 Å². The summed E-state index contributed by atoms with van der Waals surface area (Å²) in [7, 11) is 1.38. The van der Waals surface area contributed by atoms with Crippen LogP contribution in [0, 0.1) is 5.92 Å². The summed E-state index contributed by atoms with van der Waals surface area (Å²) in [5.41, 5.74) is 0. The van der Waals surface area contributed by atoms with E-state index in [0.717, 1.165) is 0 Å². The second-order valence-corrected chi connectivity index (χ2v) is 3.00. The van der Waals surface area contributed by atoms with Crippen LogP contribution >= 0.6 is 0 Å². The quantitative estimate of drug-likeness (QED) is 0.466. The molecular weight excluding hydrogens is 184 g/mol. The molecule has 4 nitrogen and oxygen atoms in total. The molecule has 0 radical (unpaired) electrons. The fourth-order valence-corrected chi connectivity index (χ4v) is 1.14. The third-order valence-electron chi connectivity index (χ3n) is 1.85. The molecule has 0 saturated heterocycles. The second kappa shape index (κ2) is 7.76. The van der Waals surface area contributed by atoms with E-state index in [2.05, 4.69) is 4.74 Å². The summed E-state index contributed by atoms with van der Waals surface area (Å²) in [4.78, 5) is 11.1. The van der Waals surface area contributed by atoms with Gasteiger partial charge in [0.25, 0.3) is 0 Å². The molecule has 0 fully saturated rings. The fraction of sp³-hybridized carbons (Fsp3) is 0.900. The predicted molar refractivity (Wildman–Crippen MR) is 52.8 cm³/mol. The van der Waals surface area contributed by atoms with Crippen molar-refractivity contribution in [2.24, 2.45) is 5.92 Å². The zero-order valence-corrected chi connectivity index (χ0v) is 9.41. The number of ether oxygens (including phenoxy) is 3. The highest BCUT2D eigenvalue weighted by Crippen LogP contribution is 2.11. The van der Waals surface area contributed by atoms with Crippen molar-refractivity contribution in [3.8, 4) is 0 Å². The van der Waals surface area contributed by atoms with Crippen molar-refractivity contribution < 1.29 is 19.0 Å². The van der Waals surface area contributed by atoms with Gasteiger partial charge in [0.05, 0.1) is 13.0 Å². The largest absolute Gasteiger partial charge is 0.469 e. The number of carbonyl (C=O) groups excluding carboxylic acids is 1. The molecule has 0 amide bonds. The molecule has 0 bridgehead atoms. The van der Waals surface area contributed by atoms with Crippen molar-refractivity contribution in [2.45, 2.75) is 33.5 Å². The Morgan fingerprint density at radius 2 is 1.71 bits per heavy atom. The van der Waals surface area contributed by atoms with Crippen LogP contribution in [0.5, 0.6) is 0 Å². The van der Waals surface area contributed by atoms with Gasteiger partial charge in [-0.3, -0.25) is 4.79 Å². The molecule has 0 aliphatic rings. The first-order valence-corrected chi connectivity index (χ1v) is 4.96. The summed E-state index contributed by atoms with van der Waals surface area (Å²) in [5, 5.41) is 0. The highest BCUT2D eigenvalue weighted by Gasteiger charge is 2.19. The Bertz CT molecular complexity index is 152. The third kappa shape index (κ3) is 5.19. The van der Waals surface area contributed by atoms with E-state index < -0.39 is 0 Å². The Hall–Kier alpha value is -0.610. The molecule has 14 heavy (non-hydrogen) atoms. The number of hydrogen-bond acceptors (Lipinski definition) is 4. The number of hydrogen-bond donors (Lipinski definition) is 0. The Balaban J connectivity index is 3.94. The van der Waals surface area contributed by atoms with Gasteiger partial charge in [0.1, 0.15) is 0 Å². The van der Waals surface area contributed by atoms with Crippen LogP contribution in [0.15, 0.2) is 0 Å². The second-order valence-electron chi connectivity index (χ2n) is 3.00. The Morgan fingerprint density at radius 3 is 2.07 bits per heavy atom. The molecule has 0 saturated carbocycles. The number of methoxy groups -OCH3 is 1. The molecule has 0 N–H and O–H groups in total. The van der Waals surface area contributed by atoms with E-state index in [1.165, 1.54) is 7.11 Å². The summed E-state index contributed by atoms with van der Waals surface area (Å²) in [6, 6.07) is 0. The van der Waals surface area contributed by atoms with E-state index >= 15 is 0 Å². The fourth-order valence-electron chi connectivity index (χ4n) is 1.14. The van der Waals surface area contributed by atoms with Crippen LogP contribution in [0.1, 0.15) is 27.2 Å². The van der Waals surface area contributed by atoms with E-state index in [1.54, 1.807) is 6.92 Å². The molecule has 0 aromatic rings. The Labute approximate surface area is 85.5 Å². The maximum absolute atomic E-state index is 11.1. The molecule has 4 heteroatoms. The van der Waals surface area contributed by atoms with Crippen LogP contribution in [-0.4, -0.2) is 32.6 Å². The first-order chi connectivity index (χ1) is 6.65. The first-order valence-electron chi connectivity index (χ1n) is 4.96. The standard InChI is InChI=1S/C10H20O4/c1-5-13-9(14-6-2)7-8(3)10(11)12-4/h8-9H,5-7H2,1-4H3. The third-order valence-corrected chi connectivity index (χ3v) is 1.85. The van der Waals surface area contributed by atoms with Crippen LogP contribution in [-0.2, 0) is 19.0 Å². The van der Waals surface area contributed by atoms with Gasteiger partial charge < -0.3 is 14.2 Å². The van der Waals surface area contributed by atoms with E-state index in [4.69, 9.17) is 9.47 Å². The van der Waals surface area contributed by atoms with Crippen molar-refractivity contribution >= 4 is 5.97 Å². The number of carbonyl (C=O) groups is 1. The Kier molecular flexibility index (Phi) is 7.42. The average molecular weight is 204 g/mol. The molecular formula is C10H20O4. The van der Waals surface area contributed by atoms with Crippen LogP contribution in [0.25, 0.3) is 0 Å². The lowest BCUT2D eigenvalue weighted by Gasteiger charge is -2.19. The topological polar surface area (TPSA) is 44.8 Å². The zero-order valence-electron chi connectivity index (χ0n) is 9.41. The van der Waals surface area contributed by atoms with Crippen LogP contribution < -0.4 is 0 Å². The van der Waals surface area contributed by atoms with Crippen LogP contribution in [0.4, 0.5) is 0 Å². The van der Waals surface area contributed by atoms with Gasteiger partial charge in [0.2, 0.25) is 0 Å². The average Bonchev–Trinajstić information content (AvgIpc) is 2.17. The van der Waals surface area contributed by atoms with Gasteiger partial charge in [0, 0.05) is 19.6 Å². The monoisotopic (exact) mass is 204 g/mol. The zero-order chi connectivity index (χ0) is 11.0. The van der Waals surface area contributed by atoms with E-state index in [1.807, 2.05) is 13.8 Å². The van der Waals surface area contributed by atoms with Gasteiger partial charge in [-0.2, -0.15) is 0 Å². The van der Waals surface area contributed by atoms with Crippen molar-refractivity contribution in [1.82, 2.24) is 0 Å². The van der Waals surface area contributed by atoms with Crippen LogP contribution in [0.3, 0.4) is 0 Å². The van der Waals surface area contributed by atoms with E-state index in [0.29, 0.717) is 19.6 Å². The van der Waals surface area contributed by atoms with Gasteiger partial charge in [-0.15, -0.1) is 0 Å². The molecule has 0 aliphatic carbocycles. The molecule has 84 valence electrons. The summed E-state index contributed by atoms with van der Waals surface area (Å²) in [5.74, 6) is -0.419. The minimum Gasteiger partial charge on any atom is -0.469 e. The highest BCUT2D eigenvalue weighted by molar-refractivity contribution is 5.71. The minimum atomic E-state index is -0.306. The lowest BCUT2D eigenvalue weighted by atomic mass is 10.1. The number of esters is 1. The van der Waals surface area contributed by atoms with E-state index in [9.17, 15) is 4.79 Å². The van der Waals surface area contributed by atoms with Crippen molar-refractivity contribution in [1.29, 1.82) is 0 Å². The van der Waals surface area contributed by atoms with Gasteiger partial charge in [-0.25, -0.2) is 0 Å². The van der Waals surface area contributed by atoms with Crippen molar-refractivity contribution in [3.05, 3.63) is 0 Å². The molecule has 1 unspecified atom stereocenters. The molecule has 1 atom stereocenters. The van der Waals surface area contributed by atoms with Gasteiger partial charge in [-0.05, 0) is 13.8 Å². The van der Waals surface area contributed by atoms with E-state index in [-0.39, 0.29) is 18.2 Å². The normalized spacial score (nSPS) is 12.9. The first kappa shape index (κ1) is 13.4. The summed E-state index contributed by atoms with van der Waals surface area (Å²) in [6.45, 7) is 6.76. The van der Waals surface area contributed by atoms with Gasteiger partial charge >= 0.3 is 5.97 Å². The highest BCUT2D eigenvalue weighted by atomic mass is 16.7. The maximum Gasteiger partial charge on any atom is 0.308 e. The molecule has 0 aliphatic heterocycles. The lowest BCUT2D eigenvalue weighted by Crippen LogP contribution is -2.24. The van der Waals surface area contributed by atoms with Crippen molar-refractivity contribution in [2.75, 3.05) is 20.3 Å². The minimum absolute atomic E-state index is 0.192. The molecule has 0 aromatic carbocycles.